The quantitative estimate of drug-likeness (QED) is 0.518. The Kier molecular flexibility index (Phi) is 1.66. The predicted octanol–water partition coefficient (Wildman–Crippen LogP) is 0.634. The molecular weight excluding hydrogens is 130 g/mol. The molecule has 0 heterocycles. The molecule has 0 bridgehead atoms. The van der Waals surface area contributed by atoms with Gasteiger partial charge in [0, 0.05) is 0 Å². The number of halogens is 1. The van der Waals surface area contributed by atoms with Gasteiger partial charge in [-0.2, -0.15) is 0 Å². The summed E-state index contributed by atoms with van der Waals surface area (Å²) in [6.07, 6.45) is 0. The number of hydrogen-bond acceptors (Lipinski definition) is 1. The molecule has 1 aromatic rings. The Morgan fingerprint density at radius 3 is 2.60 bits per heavy atom. The second-order valence-corrected chi connectivity index (χ2v) is 2.18. The van der Waals surface area contributed by atoms with Crippen molar-refractivity contribution in [3.05, 3.63) is 23.5 Å². The molecule has 51 valence electrons. The molecule has 0 atom stereocenters. The minimum absolute atomic E-state index is 0.189. The zero-order chi connectivity index (χ0) is 7.72. The second kappa shape index (κ2) is 2.33. The van der Waals surface area contributed by atoms with Crippen molar-refractivity contribution in [1.29, 1.82) is 0 Å². The van der Waals surface area contributed by atoms with Crippen LogP contribution < -0.4 is 5.46 Å². The van der Waals surface area contributed by atoms with Crippen LogP contribution in [0.1, 0.15) is 5.56 Å². The number of rotatable bonds is 0. The number of aryl methyl sites for hydroxylation is 1. The number of phenols is 1. The third-order valence-electron chi connectivity index (χ3n) is 1.25. The van der Waals surface area contributed by atoms with Crippen molar-refractivity contribution in [2.75, 3.05) is 0 Å². The molecule has 1 aromatic carbocycles. The largest absolute Gasteiger partial charge is 0.572 e. The molecule has 1 nitrogen and oxygen atoms in total. The summed E-state index contributed by atoms with van der Waals surface area (Å²) >= 11 is 0. The summed E-state index contributed by atoms with van der Waals surface area (Å²) in [7, 11) is 5.13. The fourth-order valence-corrected chi connectivity index (χ4v) is 0.735. The fraction of sp³-hybridized carbons (Fsp3) is 0.143. The SMILES string of the molecule is [B-]c1c(O)cc(C)cc1F. The van der Waals surface area contributed by atoms with Gasteiger partial charge in [0.05, 0.1) is 11.6 Å². The van der Waals surface area contributed by atoms with E-state index in [1.165, 1.54) is 12.1 Å². The lowest BCUT2D eigenvalue weighted by molar-refractivity contribution is 0.474. The van der Waals surface area contributed by atoms with Crippen LogP contribution in [0.25, 0.3) is 0 Å². The monoisotopic (exact) mass is 136 g/mol. The average Bonchev–Trinajstić information content (AvgIpc) is 1.82. The van der Waals surface area contributed by atoms with Crippen molar-refractivity contribution in [3.8, 4) is 5.75 Å². The fourth-order valence-electron chi connectivity index (χ4n) is 0.735. The molecule has 0 saturated heterocycles. The third-order valence-corrected chi connectivity index (χ3v) is 1.25. The van der Waals surface area contributed by atoms with Crippen LogP contribution in [-0.2, 0) is 0 Å². The summed E-state index contributed by atoms with van der Waals surface area (Å²) in [5.41, 5.74) is 0.467. The summed E-state index contributed by atoms with van der Waals surface area (Å²) in [4.78, 5) is 0. The van der Waals surface area contributed by atoms with Crippen LogP contribution in [-0.4, -0.2) is 13.0 Å². The van der Waals surface area contributed by atoms with E-state index in [9.17, 15) is 4.39 Å². The van der Waals surface area contributed by atoms with E-state index in [0.29, 0.717) is 5.56 Å². The summed E-state index contributed by atoms with van der Waals surface area (Å²) in [6.45, 7) is 1.68. The van der Waals surface area contributed by atoms with Crippen molar-refractivity contribution < 1.29 is 9.50 Å². The van der Waals surface area contributed by atoms with Gasteiger partial charge in [0.15, 0.2) is 0 Å². The predicted molar refractivity (Wildman–Crippen MR) is 38.2 cm³/mol. The molecule has 1 rings (SSSR count). The molecular formula is C7H6BFO-. The third kappa shape index (κ3) is 1.13. The molecule has 0 fully saturated rings. The highest BCUT2D eigenvalue weighted by Crippen LogP contribution is 2.09. The standard InChI is InChI=1S/C7H6BFO/c1-4-2-5(9)7(8)6(10)3-4/h2-3,10H,1H3/q-1. The Labute approximate surface area is 59.9 Å². The molecule has 3 heteroatoms. The molecule has 0 aliphatic rings. The summed E-state index contributed by atoms with van der Waals surface area (Å²) in [5, 5.41) is 8.92. The lowest BCUT2D eigenvalue weighted by atomic mass is 9.93. The van der Waals surface area contributed by atoms with Gasteiger partial charge in [0.25, 0.3) is 0 Å². The van der Waals surface area contributed by atoms with Gasteiger partial charge in [0.1, 0.15) is 0 Å². The minimum atomic E-state index is -0.572. The molecule has 1 N–H and O–H groups in total. The Hall–Kier alpha value is -0.985. The average molecular weight is 136 g/mol. The lowest BCUT2D eigenvalue weighted by Gasteiger charge is -2.11. The van der Waals surface area contributed by atoms with E-state index in [2.05, 4.69) is 0 Å². The number of aromatic hydroxyl groups is 1. The van der Waals surface area contributed by atoms with Crippen molar-refractivity contribution in [2.24, 2.45) is 0 Å². The van der Waals surface area contributed by atoms with Crippen LogP contribution in [0.15, 0.2) is 12.1 Å². The second-order valence-electron chi connectivity index (χ2n) is 2.18. The topological polar surface area (TPSA) is 20.2 Å². The maximum absolute atomic E-state index is 12.6. The Morgan fingerprint density at radius 1 is 1.50 bits per heavy atom. The number of benzene rings is 1. The van der Waals surface area contributed by atoms with Crippen LogP contribution >= 0.6 is 0 Å². The van der Waals surface area contributed by atoms with E-state index >= 15 is 0 Å². The van der Waals surface area contributed by atoms with Gasteiger partial charge in [-0.15, -0.1) is 0 Å². The molecule has 0 saturated carbocycles. The number of hydrogen-bond donors (Lipinski definition) is 1. The van der Waals surface area contributed by atoms with Gasteiger partial charge in [-0.25, -0.2) is 9.85 Å². The first-order valence-corrected chi connectivity index (χ1v) is 2.86. The molecule has 0 aliphatic heterocycles. The van der Waals surface area contributed by atoms with Crippen molar-refractivity contribution >= 4 is 13.3 Å². The maximum Gasteiger partial charge on any atom is 0.0829 e. The Morgan fingerprint density at radius 2 is 2.10 bits per heavy atom. The number of phenolic OH excluding ortho intramolecular Hbond substituents is 1. The van der Waals surface area contributed by atoms with Crippen LogP contribution in [0.2, 0.25) is 0 Å². The van der Waals surface area contributed by atoms with E-state index < -0.39 is 5.82 Å². The highest BCUT2D eigenvalue weighted by molar-refractivity contribution is 6.34. The van der Waals surface area contributed by atoms with Crippen LogP contribution in [0.5, 0.6) is 5.75 Å². The zero-order valence-corrected chi connectivity index (χ0v) is 5.56. The first-order chi connectivity index (χ1) is 4.61. The normalized spacial score (nSPS) is 9.90. The van der Waals surface area contributed by atoms with E-state index in [1.807, 2.05) is 0 Å². The van der Waals surface area contributed by atoms with Crippen LogP contribution in [0, 0.1) is 12.7 Å². The molecule has 0 aliphatic carbocycles. The van der Waals surface area contributed by atoms with Crippen LogP contribution in [0.4, 0.5) is 4.39 Å². The summed E-state index contributed by atoms with van der Waals surface area (Å²) in [5.74, 6) is -0.769. The molecule has 0 amide bonds. The van der Waals surface area contributed by atoms with Gasteiger partial charge in [-0.1, -0.05) is 0 Å². The summed E-state index contributed by atoms with van der Waals surface area (Å²) < 4.78 is 12.6. The van der Waals surface area contributed by atoms with E-state index in [-0.39, 0.29) is 11.2 Å². The van der Waals surface area contributed by atoms with Gasteiger partial charge >= 0.3 is 0 Å². The molecule has 3 radical (unpaired) electrons. The maximum atomic E-state index is 12.6. The highest BCUT2D eigenvalue weighted by atomic mass is 19.1. The van der Waals surface area contributed by atoms with E-state index in [4.69, 9.17) is 13.0 Å². The zero-order valence-electron chi connectivity index (χ0n) is 5.56. The van der Waals surface area contributed by atoms with E-state index in [1.54, 1.807) is 6.92 Å². The molecule has 0 spiro atoms. The van der Waals surface area contributed by atoms with Crippen molar-refractivity contribution in [1.82, 2.24) is 0 Å². The van der Waals surface area contributed by atoms with Gasteiger partial charge in [-0.05, 0) is 24.6 Å². The van der Waals surface area contributed by atoms with Gasteiger partial charge < -0.3 is 13.0 Å². The summed E-state index contributed by atoms with van der Waals surface area (Å²) in [6, 6.07) is 2.69. The first kappa shape index (κ1) is 7.13. The van der Waals surface area contributed by atoms with E-state index in [0.717, 1.165) is 0 Å². The van der Waals surface area contributed by atoms with Gasteiger partial charge in [-0.3, -0.25) is 0 Å². The van der Waals surface area contributed by atoms with Crippen LogP contribution in [0.3, 0.4) is 0 Å². The molecule has 10 heavy (non-hydrogen) atoms. The molecule has 0 aromatic heterocycles. The first-order valence-electron chi connectivity index (χ1n) is 2.86. The van der Waals surface area contributed by atoms with Crippen molar-refractivity contribution in [3.63, 3.8) is 0 Å². The van der Waals surface area contributed by atoms with Gasteiger partial charge in [0.2, 0.25) is 0 Å². The van der Waals surface area contributed by atoms with Crippen molar-refractivity contribution in [2.45, 2.75) is 6.92 Å². The Balaban J connectivity index is 3.31. The highest BCUT2D eigenvalue weighted by Gasteiger charge is 1.93. The Bertz CT molecular complexity index is 237. The lowest BCUT2D eigenvalue weighted by Crippen LogP contribution is -2.08. The minimum Gasteiger partial charge on any atom is -0.572 e. The smallest absolute Gasteiger partial charge is 0.0829 e. The molecule has 0 unspecified atom stereocenters.